The maximum atomic E-state index is 12.2. The average molecular weight is 334 g/mol. The standard InChI is InChI=1S/C20H18N2O3/c23-15-16-7-6-13-22(16)14-12-20(24)21-18-10-4-5-11-19(18)25-17-8-2-1-3-9-17/h1-11,13,15H,12,14H2,(H,21,24). The summed E-state index contributed by atoms with van der Waals surface area (Å²) in [5.74, 6) is 1.14. The van der Waals surface area contributed by atoms with Gasteiger partial charge in [-0.1, -0.05) is 30.3 Å². The van der Waals surface area contributed by atoms with Gasteiger partial charge in [0.25, 0.3) is 0 Å². The van der Waals surface area contributed by atoms with E-state index in [2.05, 4.69) is 5.32 Å². The van der Waals surface area contributed by atoms with Crippen molar-refractivity contribution in [2.45, 2.75) is 13.0 Å². The molecule has 0 spiro atoms. The Labute approximate surface area is 145 Å². The first-order chi connectivity index (χ1) is 12.3. The molecular formula is C20H18N2O3. The number of nitrogens with one attached hydrogen (secondary N) is 1. The number of aromatic nitrogens is 1. The van der Waals surface area contributed by atoms with Gasteiger partial charge in [0.05, 0.1) is 11.4 Å². The highest BCUT2D eigenvalue weighted by Gasteiger charge is 2.09. The van der Waals surface area contributed by atoms with E-state index in [4.69, 9.17) is 4.74 Å². The second kappa shape index (κ2) is 7.97. The van der Waals surface area contributed by atoms with E-state index >= 15 is 0 Å². The minimum Gasteiger partial charge on any atom is -0.455 e. The van der Waals surface area contributed by atoms with Crippen LogP contribution in [0, 0.1) is 0 Å². The number of hydrogen-bond acceptors (Lipinski definition) is 3. The van der Waals surface area contributed by atoms with Gasteiger partial charge in [0.15, 0.2) is 12.0 Å². The maximum Gasteiger partial charge on any atom is 0.226 e. The molecule has 1 amide bonds. The van der Waals surface area contributed by atoms with Crippen LogP contribution in [-0.2, 0) is 11.3 Å². The third-order valence-corrected chi connectivity index (χ3v) is 3.70. The van der Waals surface area contributed by atoms with Gasteiger partial charge in [-0.05, 0) is 36.4 Å². The quantitative estimate of drug-likeness (QED) is 0.661. The van der Waals surface area contributed by atoms with Gasteiger partial charge in [0.2, 0.25) is 5.91 Å². The molecule has 0 aliphatic rings. The molecule has 0 saturated carbocycles. The van der Waals surface area contributed by atoms with Crippen molar-refractivity contribution < 1.29 is 14.3 Å². The van der Waals surface area contributed by atoms with Crippen LogP contribution in [0.3, 0.4) is 0 Å². The average Bonchev–Trinajstić information content (AvgIpc) is 3.10. The number of nitrogens with zero attached hydrogens (tertiary/aromatic N) is 1. The first-order valence-electron chi connectivity index (χ1n) is 7.98. The Hall–Kier alpha value is -3.34. The van der Waals surface area contributed by atoms with Gasteiger partial charge in [-0.15, -0.1) is 0 Å². The number of para-hydroxylation sites is 3. The maximum absolute atomic E-state index is 12.2. The number of rotatable bonds is 7. The summed E-state index contributed by atoms with van der Waals surface area (Å²) < 4.78 is 7.58. The molecule has 0 fully saturated rings. The molecule has 0 atom stereocenters. The van der Waals surface area contributed by atoms with Crippen LogP contribution < -0.4 is 10.1 Å². The first kappa shape index (κ1) is 16.5. The van der Waals surface area contributed by atoms with Crippen molar-refractivity contribution >= 4 is 17.9 Å². The van der Waals surface area contributed by atoms with E-state index in [9.17, 15) is 9.59 Å². The molecule has 1 N–H and O–H groups in total. The van der Waals surface area contributed by atoms with Crippen LogP contribution in [0.25, 0.3) is 0 Å². The SMILES string of the molecule is O=Cc1cccn1CCC(=O)Nc1ccccc1Oc1ccccc1. The molecule has 0 unspecified atom stereocenters. The summed E-state index contributed by atoms with van der Waals surface area (Å²) in [6, 6.07) is 20.2. The number of hydrogen-bond donors (Lipinski definition) is 1. The normalized spacial score (nSPS) is 10.2. The van der Waals surface area contributed by atoms with Gasteiger partial charge in [-0.2, -0.15) is 0 Å². The van der Waals surface area contributed by atoms with E-state index in [1.165, 1.54) is 0 Å². The van der Waals surface area contributed by atoms with Crippen molar-refractivity contribution in [1.29, 1.82) is 0 Å². The van der Waals surface area contributed by atoms with Crippen LogP contribution >= 0.6 is 0 Å². The summed E-state index contributed by atoms with van der Waals surface area (Å²) in [6.07, 6.45) is 2.82. The molecule has 5 nitrogen and oxygen atoms in total. The molecule has 3 rings (SSSR count). The molecule has 0 radical (unpaired) electrons. The highest BCUT2D eigenvalue weighted by atomic mass is 16.5. The number of carbonyl (C=O) groups excluding carboxylic acids is 2. The molecule has 2 aromatic carbocycles. The number of aldehydes is 1. The minimum atomic E-state index is -0.144. The lowest BCUT2D eigenvalue weighted by atomic mass is 10.2. The zero-order valence-corrected chi connectivity index (χ0v) is 13.6. The number of ether oxygens (including phenoxy) is 1. The van der Waals surface area contributed by atoms with E-state index in [0.29, 0.717) is 29.4 Å². The van der Waals surface area contributed by atoms with E-state index in [0.717, 1.165) is 6.29 Å². The molecular weight excluding hydrogens is 316 g/mol. The first-order valence-corrected chi connectivity index (χ1v) is 7.98. The summed E-state index contributed by atoms with van der Waals surface area (Å²) in [4.78, 5) is 23.1. The van der Waals surface area contributed by atoms with Crippen LogP contribution in [0.5, 0.6) is 11.5 Å². The van der Waals surface area contributed by atoms with Crippen LogP contribution in [0.15, 0.2) is 72.9 Å². The van der Waals surface area contributed by atoms with Crippen LogP contribution in [0.2, 0.25) is 0 Å². The Bertz CT molecular complexity index is 856. The third kappa shape index (κ3) is 4.35. The van der Waals surface area contributed by atoms with Gasteiger partial charge < -0.3 is 14.6 Å². The highest BCUT2D eigenvalue weighted by molar-refractivity contribution is 5.92. The Morgan fingerprint density at radius 2 is 1.76 bits per heavy atom. The van der Waals surface area contributed by atoms with E-state index in [1.54, 1.807) is 35.0 Å². The molecule has 25 heavy (non-hydrogen) atoms. The summed E-state index contributed by atoms with van der Waals surface area (Å²) in [5.41, 5.74) is 1.17. The van der Waals surface area contributed by atoms with Crippen molar-refractivity contribution in [2.24, 2.45) is 0 Å². The summed E-state index contributed by atoms with van der Waals surface area (Å²) in [5, 5.41) is 2.87. The monoisotopic (exact) mass is 334 g/mol. The Balaban J connectivity index is 1.64. The van der Waals surface area contributed by atoms with Gasteiger partial charge >= 0.3 is 0 Å². The topological polar surface area (TPSA) is 60.3 Å². The number of amides is 1. The zero-order valence-electron chi connectivity index (χ0n) is 13.6. The number of aryl methyl sites for hydroxylation is 1. The number of carbonyl (C=O) groups is 2. The van der Waals surface area contributed by atoms with Crippen molar-refractivity contribution in [3.8, 4) is 11.5 Å². The molecule has 0 aliphatic heterocycles. The molecule has 3 aromatic rings. The Kier molecular flexibility index (Phi) is 5.26. The molecule has 1 aromatic heterocycles. The van der Waals surface area contributed by atoms with Gasteiger partial charge in [-0.25, -0.2) is 0 Å². The van der Waals surface area contributed by atoms with Crippen LogP contribution in [0.1, 0.15) is 16.9 Å². The van der Waals surface area contributed by atoms with Gasteiger partial charge in [0.1, 0.15) is 5.75 Å². The van der Waals surface area contributed by atoms with Gasteiger partial charge in [-0.3, -0.25) is 9.59 Å². The fraction of sp³-hybridized carbons (Fsp3) is 0.100. The molecule has 0 aliphatic carbocycles. The predicted molar refractivity (Wildman–Crippen MR) is 96.0 cm³/mol. The predicted octanol–water partition coefficient (Wildman–Crippen LogP) is 4.12. The Morgan fingerprint density at radius 3 is 2.56 bits per heavy atom. The molecule has 126 valence electrons. The number of benzene rings is 2. The second-order valence-corrected chi connectivity index (χ2v) is 5.45. The van der Waals surface area contributed by atoms with Gasteiger partial charge in [0, 0.05) is 19.2 Å². The van der Waals surface area contributed by atoms with Crippen LogP contribution in [-0.4, -0.2) is 16.8 Å². The smallest absolute Gasteiger partial charge is 0.226 e. The lowest BCUT2D eigenvalue weighted by Gasteiger charge is -2.12. The fourth-order valence-corrected chi connectivity index (χ4v) is 2.45. The van der Waals surface area contributed by atoms with Crippen molar-refractivity contribution in [1.82, 2.24) is 4.57 Å². The van der Waals surface area contributed by atoms with Crippen molar-refractivity contribution in [2.75, 3.05) is 5.32 Å². The molecule has 1 heterocycles. The molecule has 5 heteroatoms. The largest absolute Gasteiger partial charge is 0.455 e. The second-order valence-electron chi connectivity index (χ2n) is 5.45. The molecule has 0 bridgehead atoms. The highest BCUT2D eigenvalue weighted by Crippen LogP contribution is 2.29. The summed E-state index contributed by atoms with van der Waals surface area (Å²) in [6.45, 7) is 0.439. The minimum absolute atomic E-state index is 0.144. The van der Waals surface area contributed by atoms with Crippen molar-refractivity contribution in [3.05, 3.63) is 78.6 Å². The third-order valence-electron chi connectivity index (χ3n) is 3.70. The lowest BCUT2D eigenvalue weighted by molar-refractivity contribution is -0.116. The Morgan fingerprint density at radius 1 is 1.00 bits per heavy atom. The summed E-state index contributed by atoms with van der Waals surface area (Å²) in [7, 11) is 0. The van der Waals surface area contributed by atoms with Crippen LogP contribution in [0.4, 0.5) is 5.69 Å². The zero-order chi connectivity index (χ0) is 17.5. The summed E-state index contributed by atoms with van der Waals surface area (Å²) >= 11 is 0. The van der Waals surface area contributed by atoms with Crippen molar-refractivity contribution in [3.63, 3.8) is 0 Å². The van der Waals surface area contributed by atoms with E-state index in [-0.39, 0.29) is 12.3 Å². The van der Waals surface area contributed by atoms with E-state index in [1.807, 2.05) is 42.5 Å². The number of anilines is 1. The molecule has 0 saturated heterocycles. The fourth-order valence-electron chi connectivity index (χ4n) is 2.45. The van der Waals surface area contributed by atoms with E-state index < -0.39 is 0 Å². The lowest BCUT2D eigenvalue weighted by Crippen LogP contribution is -2.15.